The predicted octanol–water partition coefficient (Wildman–Crippen LogP) is 2.14. The molecule has 0 aliphatic carbocycles. The number of hydrogen-bond acceptors (Lipinski definition) is 2. The Morgan fingerprint density at radius 3 is 2.08 bits per heavy atom. The van der Waals surface area contributed by atoms with Gasteiger partial charge in [-0.2, -0.15) is 0 Å². The van der Waals surface area contributed by atoms with Gasteiger partial charge in [-0.1, -0.05) is 11.1 Å². The summed E-state index contributed by atoms with van der Waals surface area (Å²) in [5.41, 5.74) is 2.61. The first-order valence-corrected chi connectivity index (χ1v) is 4.44. The number of carbonyl (C=O) groups excluding carboxylic acids is 1. The number of rotatable bonds is 4. The molecule has 0 saturated carbocycles. The van der Waals surface area contributed by atoms with Gasteiger partial charge in [-0.15, -0.1) is 0 Å². The monoisotopic (exact) mass is 185 g/mol. The lowest BCUT2D eigenvalue weighted by Crippen LogP contribution is -2.28. The second-order valence-corrected chi connectivity index (χ2v) is 3.33. The summed E-state index contributed by atoms with van der Waals surface area (Å²) in [6, 6.07) is 0. The Morgan fingerprint density at radius 1 is 1.23 bits per heavy atom. The number of nitrogens with zero attached hydrogens (tertiary/aromatic N) is 1. The molecular formula is C10H19NO2. The van der Waals surface area contributed by atoms with Crippen LogP contribution in [0.5, 0.6) is 0 Å². The predicted molar refractivity (Wildman–Crippen MR) is 53.1 cm³/mol. The summed E-state index contributed by atoms with van der Waals surface area (Å²) in [5.74, 6) is -0.0518. The molecule has 0 fully saturated rings. The Labute approximate surface area is 80.3 Å². The van der Waals surface area contributed by atoms with Gasteiger partial charge < -0.3 is 0 Å². The standard InChI is InChI=1S/C10H19NO2/c1-8(2)9(3)6-7-11(13-5)10(4)12/h6-7H2,1-5H3. The summed E-state index contributed by atoms with van der Waals surface area (Å²) in [7, 11) is 1.51. The van der Waals surface area contributed by atoms with E-state index in [1.807, 2.05) is 0 Å². The van der Waals surface area contributed by atoms with Gasteiger partial charge in [0.1, 0.15) is 0 Å². The lowest BCUT2D eigenvalue weighted by molar-refractivity contribution is -0.173. The van der Waals surface area contributed by atoms with Crippen LogP contribution in [0, 0.1) is 0 Å². The third kappa shape index (κ3) is 4.68. The van der Waals surface area contributed by atoms with E-state index in [4.69, 9.17) is 4.84 Å². The highest BCUT2D eigenvalue weighted by molar-refractivity contribution is 5.71. The molecular weight excluding hydrogens is 166 g/mol. The fraction of sp³-hybridized carbons (Fsp3) is 0.700. The number of allylic oxidation sites excluding steroid dienone is 1. The van der Waals surface area contributed by atoms with Gasteiger partial charge in [0.25, 0.3) is 0 Å². The van der Waals surface area contributed by atoms with Crippen molar-refractivity contribution >= 4 is 5.91 Å². The van der Waals surface area contributed by atoms with Crippen molar-refractivity contribution in [1.82, 2.24) is 5.06 Å². The minimum Gasteiger partial charge on any atom is -0.274 e. The first-order chi connectivity index (χ1) is 5.99. The Balaban J connectivity index is 4.00. The van der Waals surface area contributed by atoms with E-state index in [9.17, 15) is 4.79 Å². The number of carbonyl (C=O) groups is 1. The van der Waals surface area contributed by atoms with Crippen molar-refractivity contribution in [2.45, 2.75) is 34.1 Å². The summed E-state index contributed by atoms with van der Waals surface area (Å²) in [4.78, 5) is 15.8. The summed E-state index contributed by atoms with van der Waals surface area (Å²) < 4.78 is 0. The number of amides is 1. The molecule has 0 rings (SSSR count). The zero-order valence-electron chi connectivity index (χ0n) is 9.18. The van der Waals surface area contributed by atoms with Crippen LogP contribution in [0.3, 0.4) is 0 Å². The Bertz CT molecular complexity index is 205. The first kappa shape index (κ1) is 12.2. The van der Waals surface area contributed by atoms with Crippen LogP contribution in [0.4, 0.5) is 0 Å². The molecule has 0 aromatic carbocycles. The van der Waals surface area contributed by atoms with Crippen LogP contribution in [0.15, 0.2) is 11.1 Å². The largest absolute Gasteiger partial charge is 0.274 e. The van der Waals surface area contributed by atoms with E-state index in [-0.39, 0.29) is 5.91 Å². The van der Waals surface area contributed by atoms with Crippen molar-refractivity contribution in [3.8, 4) is 0 Å². The molecule has 0 radical (unpaired) electrons. The van der Waals surface area contributed by atoms with Crippen LogP contribution in [-0.4, -0.2) is 24.6 Å². The van der Waals surface area contributed by atoms with Gasteiger partial charge in [0.05, 0.1) is 13.7 Å². The first-order valence-electron chi connectivity index (χ1n) is 4.44. The molecule has 0 spiro atoms. The highest BCUT2D eigenvalue weighted by atomic mass is 16.7. The van der Waals surface area contributed by atoms with Gasteiger partial charge in [-0.3, -0.25) is 9.63 Å². The normalized spacial score (nSPS) is 9.62. The van der Waals surface area contributed by atoms with Gasteiger partial charge in [-0.05, 0) is 27.2 Å². The Kier molecular flexibility index (Phi) is 5.39. The summed E-state index contributed by atoms with van der Waals surface area (Å²) in [6.07, 6.45) is 0.871. The van der Waals surface area contributed by atoms with Crippen molar-refractivity contribution in [1.29, 1.82) is 0 Å². The Morgan fingerprint density at radius 2 is 1.77 bits per heavy atom. The molecule has 0 bridgehead atoms. The van der Waals surface area contributed by atoms with Crippen LogP contribution in [-0.2, 0) is 9.63 Å². The molecule has 0 aliphatic rings. The molecule has 0 unspecified atom stereocenters. The third-order valence-electron chi connectivity index (χ3n) is 2.12. The van der Waals surface area contributed by atoms with Gasteiger partial charge in [0.15, 0.2) is 0 Å². The molecule has 0 atom stereocenters. The van der Waals surface area contributed by atoms with Crippen LogP contribution < -0.4 is 0 Å². The van der Waals surface area contributed by atoms with Crippen LogP contribution in [0.1, 0.15) is 34.1 Å². The smallest absolute Gasteiger partial charge is 0.242 e. The second kappa shape index (κ2) is 5.75. The van der Waals surface area contributed by atoms with Crippen LogP contribution in [0.2, 0.25) is 0 Å². The SMILES string of the molecule is CON(CCC(C)=C(C)C)C(C)=O. The average molecular weight is 185 g/mol. The van der Waals surface area contributed by atoms with Crippen molar-refractivity contribution in [3.63, 3.8) is 0 Å². The lowest BCUT2D eigenvalue weighted by atomic mass is 10.1. The van der Waals surface area contributed by atoms with E-state index >= 15 is 0 Å². The fourth-order valence-electron chi connectivity index (χ4n) is 0.897. The average Bonchev–Trinajstić information content (AvgIpc) is 2.04. The van der Waals surface area contributed by atoms with Crippen molar-refractivity contribution in [2.24, 2.45) is 0 Å². The van der Waals surface area contributed by atoms with E-state index in [0.717, 1.165) is 6.42 Å². The molecule has 0 aromatic rings. The van der Waals surface area contributed by atoms with Gasteiger partial charge in [0.2, 0.25) is 5.91 Å². The fourth-order valence-corrected chi connectivity index (χ4v) is 0.897. The minimum absolute atomic E-state index is 0.0518. The van der Waals surface area contributed by atoms with E-state index in [0.29, 0.717) is 6.54 Å². The number of hydrogen-bond donors (Lipinski definition) is 0. The second-order valence-electron chi connectivity index (χ2n) is 3.33. The minimum atomic E-state index is -0.0518. The van der Waals surface area contributed by atoms with Crippen molar-refractivity contribution in [3.05, 3.63) is 11.1 Å². The maximum Gasteiger partial charge on any atom is 0.242 e. The molecule has 3 nitrogen and oxygen atoms in total. The Hall–Kier alpha value is -0.830. The maximum atomic E-state index is 10.9. The zero-order valence-corrected chi connectivity index (χ0v) is 9.18. The van der Waals surface area contributed by atoms with E-state index in [1.165, 1.54) is 30.2 Å². The molecule has 0 N–H and O–H groups in total. The van der Waals surface area contributed by atoms with E-state index in [2.05, 4.69) is 20.8 Å². The van der Waals surface area contributed by atoms with Gasteiger partial charge in [0, 0.05) is 6.92 Å². The maximum absolute atomic E-state index is 10.9. The molecule has 0 aliphatic heterocycles. The quantitative estimate of drug-likeness (QED) is 0.496. The highest BCUT2D eigenvalue weighted by Crippen LogP contribution is 2.07. The van der Waals surface area contributed by atoms with Gasteiger partial charge in [-0.25, -0.2) is 5.06 Å². The molecule has 1 amide bonds. The molecule has 0 heterocycles. The molecule has 13 heavy (non-hydrogen) atoms. The van der Waals surface area contributed by atoms with Gasteiger partial charge >= 0.3 is 0 Å². The number of hydroxylamine groups is 2. The topological polar surface area (TPSA) is 29.5 Å². The van der Waals surface area contributed by atoms with Crippen molar-refractivity contribution < 1.29 is 9.63 Å². The summed E-state index contributed by atoms with van der Waals surface area (Å²) >= 11 is 0. The van der Waals surface area contributed by atoms with Crippen LogP contribution >= 0.6 is 0 Å². The molecule has 0 saturated heterocycles. The molecule has 0 aromatic heterocycles. The highest BCUT2D eigenvalue weighted by Gasteiger charge is 2.06. The van der Waals surface area contributed by atoms with E-state index < -0.39 is 0 Å². The lowest BCUT2D eigenvalue weighted by Gasteiger charge is -2.17. The third-order valence-corrected chi connectivity index (χ3v) is 2.12. The summed E-state index contributed by atoms with van der Waals surface area (Å²) in [6.45, 7) is 8.34. The molecule has 76 valence electrons. The van der Waals surface area contributed by atoms with E-state index in [1.54, 1.807) is 0 Å². The molecule has 3 heteroatoms. The zero-order chi connectivity index (χ0) is 10.4. The van der Waals surface area contributed by atoms with Crippen LogP contribution in [0.25, 0.3) is 0 Å². The van der Waals surface area contributed by atoms with Crippen molar-refractivity contribution in [2.75, 3.05) is 13.7 Å². The summed E-state index contributed by atoms with van der Waals surface area (Å²) in [5, 5.41) is 1.37.